The van der Waals surface area contributed by atoms with Crippen LogP contribution in [0.15, 0.2) is 60.8 Å². The van der Waals surface area contributed by atoms with Crippen molar-refractivity contribution in [3.8, 4) is 17.2 Å². The summed E-state index contributed by atoms with van der Waals surface area (Å²) in [6.45, 7) is 3.78. The van der Waals surface area contributed by atoms with E-state index in [1.54, 1.807) is 36.5 Å². The largest absolute Gasteiger partial charge is 0.504 e. The van der Waals surface area contributed by atoms with E-state index in [1.807, 2.05) is 31.2 Å². The van der Waals surface area contributed by atoms with Gasteiger partial charge < -0.3 is 20.1 Å². The number of nitrogens with zero attached hydrogens (tertiary/aromatic N) is 2. The number of nitrogens with one attached hydrogen (secondary N) is 1. The van der Waals surface area contributed by atoms with Crippen molar-refractivity contribution in [1.82, 2.24) is 4.98 Å². The second-order valence-corrected chi connectivity index (χ2v) is 7.47. The fourth-order valence-electron chi connectivity index (χ4n) is 3.54. The summed E-state index contributed by atoms with van der Waals surface area (Å²) in [5.74, 6) is 0.903. The van der Waals surface area contributed by atoms with E-state index in [0.717, 1.165) is 31.7 Å². The second-order valence-electron chi connectivity index (χ2n) is 7.47. The van der Waals surface area contributed by atoms with Gasteiger partial charge in [0.2, 0.25) is 0 Å². The van der Waals surface area contributed by atoms with Crippen molar-refractivity contribution >= 4 is 17.3 Å². The average molecular weight is 403 g/mol. The van der Waals surface area contributed by atoms with Crippen molar-refractivity contribution in [3.63, 3.8) is 0 Å². The van der Waals surface area contributed by atoms with Gasteiger partial charge >= 0.3 is 0 Å². The SMILES string of the molecule is Cc1ccc(Oc2ccc(NC(=O)c3nccc(N4CCCCC4)c3O)cc2)cc1. The van der Waals surface area contributed by atoms with Crippen molar-refractivity contribution in [3.05, 3.63) is 72.1 Å². The number of aromatic hydroxyl groups is 1. The summed E-state index contributed by atoms with van der Waals surface area (Å²) in [4.78, 5) is 18.9. The van der Waals surface area contributed by atoms with Crippen LogP contribution in [0.2, 0.25) is 0 Å². The first-order valence-corrected chi connectivity index (χ1v) is 10.2. The molecule has 1 amide bonds. The van der Waals surface area contributed by atoms with E-state index in [-0.39, 0.29) is 11.4 Å². The normalized spacial score (nSPS) is 13.7. The lowest BCUT2D eigenvalue weighted by atomic mass is 10.1. The summed E-state index contributed by atoms with van der Waals surface area (Å²) in [5.41, 5.74) is 2.46. The zero-order valence-electron chi connectivity index (χ0n) is 17.0. The van der Waals surface area contributed by atoms with E-state index in [9.17, 15) is 9.90 Å². The maximum atomic E-state index is 12.7. The molecule has 0 saturated carbocycles. The first-order valence-electron chi connectivity index (χ1n) is 10.2. The molecule has 1 aliphatic heterocycles. The Morgan fingerprint density at radius 2 is 1.60 bits per heavy atom. The van der Waals surface area contributed by atoms with Gasteiger partial charge in [-0.15, -0.1) is 0 Å². The van der Waals surface area contributed by atoms with Crippen LogP contribution in [0, 0.1) is 6.92 Å². The number of piperidine rings is 1. The number of amides is 1. The Hall–Kier alpha value is -3.54. The molecule has 30 heavy (non-hydrogen) atoms. The highest BCUT2D eigenvalue weighted by Gasteiger charge is 2.21. The lowest BCUT2D eigenvalue weighted by molar-refractivity contribution is 0.101. The van der Waals surface area contributed by atoms with Crippen LogP contribution in [-0.2, 0) is 0 Å². The van der Waals surface area contributed by atoms with E-state index in [1.165, 1.54) is 12.0 Å². The first-order chi connectivity index (χ1) is 14.6. The van der Waals surface area contributed by atoms with Gasteiger partial charge in [0.15, 0.2) is 11.4 Å². The molecule has 3 aromatic rings. The number of aryl methyl sites for hydroxylation is 1. The van der Waals surface area contributed by atoms with Crippen molar-refractivity contribution in [1.29, 1.82) is 0 Å². The van der Waals surface area contributed by atoms with Crippen molar-refractivity contribution in [2.75, 3.05) is 23.3 Å². The molecule has 4 rings (SSSR count). The van der Waals surface area contributed by atoms with Gasteiger partial charge in [-0.05, 0) is 68.7 Å². The van der Waals surface area contributed by atoms with E-state index >= 15 is 0 Å². The zero-order chi connectivity index (χ0) is 20.9. The van der Waals surface area contributed by atoms with Gasteiger partial charge in [0, 0.05) is 25.0 Å². The standard InChI is InChI=1S/C24H25N3O3/c1-17-5-9-19(10-6-17)30-20-11-7-18(8-12-20)26-24(29)22-23(28)21(13-14-25-22)27-15-3-2-4-16-27/h5-14,28H,2-4,15-16H2,1H3,(H,26,29). The molecule has 154 valence electrons. The average Bonchev–Trinajstić information content (AvgIpc) is 2.77. The van der Waals surface area contributed by atoms with Crippen molar-refractivity contribution in [2.24, 2.45) is 0 Å². The zero-order valence-corrected chi connectivity index (χ0v) is 17.0. The van der Waals surface area contributed by atoms with Crippen LogP contribution >= 0.6 is 0 Å². The van der Waals surface area contributed by atoms with Crippen molar-refractivity contribution < 1.29 is 14.6 Å². The highest BCUT2D eigenvalue weighted by molar-refractivity contribution is 6.05. The number of aromatic nitrogens is 1. The number of carbonyl (C=O) groups excluding carboxylic acids is 1. The molecule has 0 radical (unpaired) electrons. The molecule has 2 heterocycles. The van der Waals surface area contributed by atoms with Crippen LogP contribution in [-0.4, -0.2) is 29.1 Å². The minimum absolute atomic E-state index is 0.0260. The van der Waals surface area contributed by atoms with E-state index in [0.29, 0.717) is 17.1 Å². The smallest absolute Gasteiger partial charge is 0.278 e. The minimum atomic E-state index is -0.446. The number of benzene rings is 2. The molecule has 0 spiro atoms. The lowest BCUT2D eigenvalue weighted by Gasteiger charge is -2.29. The molecule has 0 aliphatic carbocycles. The number of carbonyl (C=O) groups is 1. The third-order valence-corrected chi connectivity index (χ3v) is 5.18. The van der Waals surface area contributed by atoms with Gasteiger partial charge in [-0.2, -0.15) is 0 Å². The van der Waals surface area contributed by atoms with Crippen LogP contribution in [0.4, 0.5) is 11.4 Å². The van der Waals surface area contributed by atoms with Gasteiger partial charge in [0.1, 0.15) is 11.5 Å². The number of pyridine rings is 1. The summed E-state index contributed by atoms with van der Waals surface area (Å²) >= 11 is 0. The van der Waals surface area contributed by atoms with E-state index in [2.05, 4.69) is 15.2 Å². The number of ether oxygens (including phenoxy) is 1. The third-order valence-electron chi connectivity index (χ3n) is 5.18. The summed E-state index contributed by atoms with van der Waals surface area (Å²) in [6.07, 6.45) is 4.93. The third kappa shape index (κ3) is 4.54. The predicted octanol–water partition coefficient (Wildman–Crippen LogP) is 5.13. The van der Waals surface area contributed by atoms with Gasteiger partial charge in [-0.1, -0.05) is 17.7 Å². The molecule has 2 aromatic carbocycles. The van der Waals surface area contributed by atoms with Crippen LogP contribution in [0.3, 0.4) is 0 Å². The number of hydrogen-bond acceptors (Lipinski definition) is 5. The molecular weight excluding hydrogens is 378 g/mol. The number of rotatable bonds is 5. The van der Waals surface area contributed by atoms with Crippen LogP contribution < -0.4 is 15.0 Å². The first kappa shape index (κ1) is 19.8. The molecule has 1 aromatic heterocycles. The van der Waals surface area contributed by atoms with Gasteiger partial charge in [0.05, 0.1) is 5.69 Å². The second kappa shape index (κ2) is 8.86. The van der Waals surface area contributed by atoms with E-state index in [4.69, 9.17) is 4.74 Å². The fourth-order valence-corrected chi connectivity index (χ4v) is 3.54. The molecule has 6 nitrogen and oxygen atoms in total. The molecule has 1 aliphatic rings. The topological polar surface area (TPSA) is 74.7 Å². The quantitative estimate of drug-likeness (QED) is 0.618. The molecule has 1 saturated heterocycles. The van der Waals surface area contributed by atoms with E-state index < -0.39 is 5.91 Å². The monoisotopic (exact) mass is 403 g/mol. The summed E-state index contributed by atoms with van der Waals surface area (Å²) in [6, 6.07) is 16.6. The Morgan fingerprint density at radius 3 is 2.27 bits per heavy atom. The summed E-state index contributed by atoms with van der Waals surface area (Å²) in [5, 5.41) is 13.4. The Kier molecular flexibility index (Phi) is 5.84. The molecule has 0 atom stereocenters. The molecule has 0 unspecified atom stereocenters. The Labute approximate surface area is 176 Å². The maximum Gasteiger partial charge on any atom is 0.278 e. The highest BCUT2D eigenvalue weighted by Crippen LogP contribution is 2.32. The van der Waals surface area contributed by atoms with Gasteiger partial charge in [-0.25, -0.2) is 4.98 Å². The highest BCUT2D eigenvalue weighted by atomic mass is 16.5. The summed E-state index contributed by atoms with van der Waals surface area (Å²) < 4.78 is 5.81. The van der Waals surface area contributed by atoms with Gasteiger partial charge in [0.25, 0.3) is 5.91 Å². The molecule has 2 N–H and O–H groups in total. The number of hydrogen-bond donors (Lipinski definition) is 2. The maximum absolute atomic E-state index is 12.7. The Balaban J connectivity index is 1.44. The predicted molar refractivity (Wildman–Crippen MR) is 118 cm³/mol. The number of anilines is 2. The fraction of sp³-hybridized carbons (Fsp3) is 0.250. The van der Waals surface area contributed by atoms with Crippen LogP contribution in [0.25, 0.3) is 0 Å². The van der Waals surface area contributed by atoms with Crippen LogP contribution in [0.5, 0.6) is 17.2 Å². The minimum Gasteiger partial charge on any atom is -0.504 e. The van der Waals surface area contributed by atoms with Crippen LogP contribution in [0.1, 0.15) is 35.3 Å². The Bertz CT molecular complexity index is 1010. The summed E-state index contributed by atoms with van der Waals surface area (Å²) in [7, 11) is 0. The van der Waals surface area contributed by atoms with Gasteiger partial charge in [-0.3, -0.25) is 4.79 Å². The molecule has 1 fully saturated rings. The molecular formula is C24H25N3O3. The molecule has 6 heteroatoms. The van der Waals surface area contributed by atoms with Crippen molar-refractivity contribution in [2.45, 2.75) is 26.2 Å². The Morgan fingerprint density at radius 1 is 0.967 bits per heavy atom. The molecule has 0 bridgehead atoms. The lowest BCUT2D eigenvalue weighted by Crippen LogP contribution is -2.29.